The maximum Gasteiger partial charge on any atom is 0.265 e. The highest BCUT2D eigenvalue weighted by Crippen LogP contribution is 2.25. The lowest BCUT2D eigenvalue weighted by molar-refractivity contribution is -0.108. The molecule has 2 N–H and O–H groups in total. The van der Waals surface area contributed by atoms with E-state index in [9.17, 15) is 12.8 Å². The highest BCUT2D eigenvalue weighted by atomic mass is 32.2. The highest BCUT2D eigenvalue weighted by Gasteiger charge is 2.28. The van der Waals surface area contributed by atoms with E-state index in [1.807, 2.05) is 0 Å². The van der Waals surface area contributed by atoms with Crippen molar-refractivity contribution in [1.29, 1.82) is 0 Å². The first-order chi connectivity index (χ1) is 8.43. The average Bonchev–Trinajstić information content (AvgIpc) is 2.36. The minimum Gasteiger partial charge on any atom is -0.396 e. The van der Waals surface area contributed by atoms with E-state index in [-0.39, 0.29) is 16.1 Å². The molecule has 0 aliphatic carbocycles. The fourth-order valence-corrected chi connectivity index (χ4v) is 3.21. The van der Waals surface area contributed by atoms with Crippen LogP contribution in [0.25, 0.3) is 0 Å². The number of benzene rings is 1. The Morgan fingerprint density at radius 1 is 1.39 bits per heavy atom. The Balaban J connectivity index is 2.41. The van der Waals surface area contributed by atoms with E-state index in [1.54, 1.807) is 0 Å². The van der Waals surface area contributed by atoms with Crippen LogP contribution in [0.4, 0.5) is 10.1 Å². The molecule has 1 saturated heterocycles. The molecule has 0 atom stereocenters. The number of nitrogens with zero attached hydrogens (tertiary/aromatic N) is 1. The minimum atomic E-state index is -3.76. The fraction of sp³-hybridized carbons (Fsp3) is 0.455. The number of rotatable bonds is 2. The summed E-state index contributed by atoms with van der Waals surface area (Å²) in [6.07, 6.45) is 1.57. The van der Waals surface area contributed by atoms with Gasteiger partial charge in [-0.25, -0.2) is 12.8 Å². The van der Waals surface area contributed by atoms with Crippen molar-refractivity contribution in [2.45, 2.75) is 24.7 Å². The zero-order chi connectivity index (χ0) is 13.3. The summed E-state index contributed by atoms with van der Waals surface area (Å²) in [5, 5.41) is 0. The second-order valence-corrected chi connectivity index (χ2v) is 6.04. The summed E-state index contributed by atoms with van der Waals surface area (Å²) < 4.78 is 38.8. The number of anilines is 1. The van der Waals surface area contributed by atoms with Gasteiger partial charge in [-0.3, -0.25) is 4.84 Å². The number of hydroxylamine groups is 1. The van der Waals surface area contributed by atoms with Crippen molar-refractivity contribution in [3.63, 3.8) is 0 Å². The predicted molar refractivity (Wildman–Crippen MR) is 64.6 cm³/mol. The molecule has 1 fully saturated rings. The molecule has 1 aliphatic rings. The number of nitrogen functional groups attached to an aromatic ring is 1. The van der Waals surface area contributed by atoms with E-state index in [4.69, 9.17) is 10.6 Å². The third kappa shape index (κ3) is 2.33. The van der Waals surface area contributed by atoms with Crippen molar-refractivity contribution in [3.05, 3.63) is 23.5 Å². The summed E-state index contributed by atoms with van der Waals surface area (Å²) in [4.78, 5) is 5.08. The second-order valence-electron chi connectivity index (χ2n) is 4.22. The molecular weight excluding hydrogens is 259 g/mol. The van der Waals surface area contributed by atoms with Crippen molar-refractivity contribution in [2.75, 3.05) is 18.9 Å². The van der Waals surface area contributed by atoms with Gasteiger partial charge in [0, 0.05) is 6.54 Å². The molecule has 7 heteroatoms. The third-order valence-corrected chi connectivity index (χ3v) is 4.45. The Morgan fingerprint density at radius 2 is 2.11 bits per heavy atom. The molecule has 1 aromatic rings. The number of nitrogens with two attached hydrogens (primary N) is 1. The zero-order valence-electron chi connectivity index (χ0n) is 10.0. The van der Waals surface area contributed by atoms with Gasteiger partial charge in [0.1, 0.15) is 5.82 Å². The Labute approximate surface area is 105 Å². The van der Waals surface area contributed by atoms with Crippen LogP contribution in [0.15, 0.2) is 17.0 Å². The molecular formula is C11H15FN2O3S. The van der Waals surface area contributed by atoms with Crippen LogP contribution >= 0.6 is 0 Å². The largest absolute Gasteiger partial charge is 0.396 e. The molecule has 1 aliphatic heterocycles. The summed E-state index contributed by atoms with van der Waals surface area (Å²) >= 11 is 0. The SMILES string of the molecule is Cc1cc(S(=O)(=O)N2CCCCO2)cc(N)c1F. The smallest absolute Gasteiger partial charge is 0.265 e. The third-order valence-electron chi connectivity index (χ3n) is 2.79. The van der Waals surface area contributed by atoms with Gasteiger partial charge < -0.3 is 5.73 Å². The van der Waals surface area contributed by atoms with Crippen molar-refractivity contribution in [2.24, 2.45) is 0 Å². The molecule has 0 aromatic heterocycles. The molecule has 0 unspecified atom stereocenters. The predicted octanol–water partition coefficient (Wildman–Crippen LogP) is 1.43. The van der Waals surface area contributed by atoms with Crippen LogP contribution in [0, 0.1) is 12.7 Å². The van der Waals surface area contributed by atoms with E-state index >= 15 is 0 Å². The summed E-state index contributed by atoms with van der Waals surface area (Å²) in [6, 6.07) is 2.38. The summed E-state index contributed by atoms with van der Waals surface area (Å²) in [5.41, 5.74) is 5.47. The minimum absolute atomic E-state index is 0.0409. The molecule has 5 nitrogen and oxygen atoms in total. The van der Waals surface area contributed by atoms with E-state index in [0.717, 1.165) is 23.4 Å². The maximum atomic E-state index is 13.4. The van der Waals surface area contributed by atoms with Crippen LogP contribution in [-0.4, -0.2) is 26.0 Å². The quantitative estimate of drug-likeness (QED) is 0.828. The van der Waals surface area contributed by atoms with Crippen LogP contribution in [0.2, 0.25) is 0 Å². The molecule has 0 spiro atoms. The van der Waals surface area contributed by atoms with Gasteiger partial charge in [-0.2, -0.15) is 0 Å². The van der Waals surface area contributed by atoms with E-state index < -0.39 is 15.8 Å². The summed E-state index contributed by atoms with van der Waals surface area (Å²) in [5.74, 6) is -0.589. The lowest BCUT2D eigenvalue weighted by Gasteiger charge is -2.25. The number of aryl methyl sites for hydroxylation is 1. The fourth-order valence-electron chi connectivity index (χ4n) is 1.79. The van der Waals surface area contributed by atoms with Gasteiger partial charge in [0.15, 0.2) is 0 Å². The van der Waals surface area contributed by atoms with Gasteiger partial charge >= 0.3 is 0 Å². The molecule has 1 heterocycles. The van der Waals surface area contributed by atoms with Crippen LogP contribution < -0.4 is 5.73 Å². The number of hydrogen-bond acceptors (Lipinski definition) is 4. The van der Waals surface area contributed by atoms with E-state index in [2.05, 4.69) is 0 Å². The first-order valence-corrected chi connectivity index (χ1v) is 7.08. The molecule has 100 valence electrons. The summed E-state index contributed by atoms with van der Waals surface area (Å²) in [6.45, 7) is 2.15. The van der Waals surface area contributed by atoms with E-state index in [0.29, 0.717) is 13.2 Å². The first kappa shape index (κ1) is 13.3. The Kier molecular flexibility index (Phi) is 3.56. The van der Waals surface area contributed by atoms with Crippen molar-refractivity contribution in [3.8, 4) is 0 Å². The molecule has 0 bridgehead atoms. The first-order valence-electron chi connectivity index (χ1n) is 5.64. The molecule has 0 radical (unpaired) electrons. The van der Waals surface area contributed by atoms with Crippen molar-refractivity contribution in [1.82, 2.24) is 4.47 Å². The molecule has 0 saturated carbocycles. The number of hydrogen-bond donors (Lipinski definition) is 1. The number of sulfonamides is 1. The lowest BCUT2D eigenvalue weighted by Crippen LogP contribution is -2.35. The number of halogens is 1. The second kappa shape index (κ2) is 4.83. The lowest BCUT2D eigenvalue weighted by atomic mass is 10.2. The molecule has 18 heavy (non-hydrogen) atoms. The van der Waals surface area contributed by atoms with Crippen molar-refractivity contribution < 1.29 is 17.6 Å². The zero-order valence-corrected chi connectivity index (χ0v) is 10.8. The van der Waals surface area contributed by atoms with Gasteiger partial charge in [-0.05, 0) is 37.5 Å². The molecule has 0 amide bonds. The van der Waals surface area contributed by atoms with Gasteiger partial charge in [0.25, 0.3) is 10.0 Å². The Bertz CT molecular complexity index is 530. The maximum absolute atomic E-state index is 13.4. The standard InChI is InChI=1S/C11H15FN2O3S/c1-8-6-9(7-10(13)11(8)12)18(15,16)14-4-2-3-5-17-14/h6-7H,2-5,13H2,1H3. The summed E-state index contributed by atoms with van der Waals surface area (Å²) in [7, 11) is -3.76. The van der Waals surface area contributed by atoms with Gasteiger partial charge in [0.2, 0.25) is 0 Å². The molecule has 1 aromatic carbocycles. The Morgan fingerprint density at radius 3 is 2.67 bits per heavy atom. The van der Waals surface area contributed by atoms with Crippen LogP contribution in [0.3, 0.4) is 0 Å². The average molecular weight is 274 g/mol. The van der Waals surface area contributed by atoms with Gasteiger partial charge in [0.05, 0.1) is 17.2 Å². The Hall–Kier alpha value is -1.18. The van der Waals surface area contributed by atoms with Crippen LogP contribution in [-0.2, 0) is 14.9 Å². The monoisotopic (exact) mass is 274 g/mol. The molecule has 2 rings (SSSR count). The van der Waals surface area contributed by atoms with Gasteiger partial charge in [-0.15, -0.1) is 0 Å². The van der Waals surface area contributed by atoms with Crippen molar-refractivity contribution >= 4 is 15.7 Å². The van der Waals surface area contributed by atoms with Crippen LogP contribution in [0.5, 0.6) is 0 Å². The normalized spacial score (nSPS) is 17.9. The highest BCUT2D eigenvalue weighted by molar-refractivity contribution is 7.89. The van der Waals surface area contributed by atoms with E-state index in [1.165, 1.54) is 13.0 Å². The topological polar surface area (TPSA) is 72.6 Å². The van der Waals surface area contributed by atoms with Gasteiger partial charge in [-0.1, -0.05) is 4.47 Å². The van der Waals surface area contributed by atoms with Crippen LogP contribution in [0.1, 0.15) is 18.4 Å².